The number of alkyl halides is 1. The monoisotopic (exact) mass is 261 g/mol. The highest BCUT2D eigenvalue weighted by atomic mass is 35.5. The average Bonchev–Trinajstić information content (AvgIpc) is 2.28. The number of rotatable bonds is 5. The van der Waals surface area contributed by atoms with Gasteiger partial charge in [-0.1, -0.05) is 6.07 Å². The predicted molar refractivity (Wildman–Crippen MR) is 72.2 cm³/mol. The van der Waals surface area contributed by atoms with E-state index in [-0.39, 0.29) is 11.7 Å². The van der Waals surface area contributed by atoms with E-state index in [2.05, 4.69) is 18.1 Å². The molecule has 0 radical (unpaired) electrons. The highest BCUT2D eigenvalue weighted by molar-refractivity contribution is 7.98. The first-order valence-electron chi connectivity index (χ1n) is 5.17. The third-order valence-corrected chi connectivity index (χ3v) is 3.76. The molecule has 0 aliphatic rings. The van der Waals surface area contributed by atoms with E-state index in [1.54, 1.807) is 17.8 Å². The lowest BCUT2D eigenvalue weighted by Gasteiger charge is -2.28. The molecule has 1 rings (SSSR count). The topological polar surface area (TPSA) is 3.24 Å². The first-order valence-corrected chi connectivity index (χ1v) is 7.09. The summed E-state index contributed by atoms with van der Waals surface area (Å²) >= 11 is 7.57. The minimum Gasteiger partial charge on any atom is -0.371 e. The molecule has 0 heterocycles. The van der Waals surface area contributed by atoms with Crippen molar-refractivity contribution in [3.05, 3.63) is 29.6 Å². The molecule has 0 amide bonds. The molecule has 1 nitrogen and oxygen atoms in total. The molecule has 0 bridgehead atoms. The van der Waals surface area contributed by atoms with Crippen LogP contribution in [0, 0.1) is 5.82 Å². The normalized spacial score (nSPS) is 12.6. The fourth-order valence-corrected chi connectivity index (χ4v) is 2.57. The maximum atomic E-state index is 13.5. The van der Waals surface area contributed by atoms with Crippen LogP contribution in [0.1, 0.15) is 12.5 Å². The highest BCUT2D eigenvalue weighted by Gasteiger charge is 2.15. The van der Waals surface area contributed by atoms with Gasteiger partial charge in [0.1, 0.15) is 5.82 Å². The highest BCUT2D eigenvalue weighted by Crippen LogP contribution is 2.26. The van der Waals surface area contributed by atoms with E-state index in [9.17, 15) is 4.39 Å². The standard InChI is InChI=1S/C12H17ClFNS/c1-9(8-16-3)15(2)12-6-4-5-11(14)10(12)7-13/h4-6,9H,7-8H2,1-3H3. The summed E-state index contributed by atoms with van der Waals surface area (Å²) in [5.74, 6) is 0.989. The van der Waals surface area contributed by atoms with Crippen LogP contribution in [0.4, 0.5) is 10.1 Å². The first kappa shape index (κ1) is 13.7. The molecule has 0 saturated heterocycles. The van der Waals surface area contributed by atoms with Crippen LogP contribution in [-0.4, -0.2) is 25.1 Å². The number of nitrogens with zero attached hydrogens (tertiary/aromatic N) is 1. The van der Waals surface area contributed by atoms with Crippen molar-refractivity contribution < 1.29 is 4.39 Å². The van der Waals surface area contributed by atoms with Gasteiger partial charge in [-0.15, -0.1) is 11.6 Å². The number of benzene rings is 1. The van der Waals surface area contributed by atoms with Crippen molar-refractivity contribution in [2.24, 2.45) is 0 Å². The van der Waals surface area contributed by atoms with Crippen molar-refractivity contribution in [1.29, 1.82) is 0 Å². The van der Waals surface area contributed by atoms with Gasteiger partial charge in [-0.25, -0.2) is 4.39 Å². The molecule has 0 saturated carbocycles. The number of thioether (sulfide) groups is 1. The van der Waals surface area contributed by atoms with E-state index >= 15 is 0 Å². The van der Waals surface area contributed by atoms with Crippen molar-refractivity contribution in [2.75, 3.05) is 24.0 Å². The Bertz CT molecular complexity index is 346. The van der Waals surface area contributed by atoms with Crippen LogP contribution < -0.4 is 4.90 Å². The Morgan fingerprint density at radius 1 is 1.50 bits per heavy atom. The lowest BCUT2D eigenvalue weighted by Crippen LogP contribution is -2.31. The van der Waals surface area contributed by atoms with Crippen LogP contribution >= 0.6 is 23.4 Å². The van der Waals surface area contributed by atoms with E-state index in [0.717, 1.165) is 11.4 Å². The summed E-state index contributed by atoms with van der Waals surface area (Å²) in [4.78, 5) is 2.08. The quantitative estimate of drug-likeness (QED) is 0.743. The van der Waals surface area contributed by atoms with E-state index in [1.807, 2.05) is 13.1 Å². The van der Waals surface area contributed by atoms with Crippen LogP contribution in [0.2, 0.25) is 0 Å². The summed E-state index contributed by atoms with van der Waals surface area (Å²) in [6.45, 7) is 2.12. The lowest BCUT2D eigenvalue weighted by atomic mass is 10.1. The molecule has 1 aromatic rings. The Morgan fingerprint density at radius 2 is 2.19 bits per heavy atom. The fraction of sp³-hybridized carbons (Fsp3) is 0.500. The second-order valence-electron chi connectivity index (χ2n) is 3.79. The van der Waals surface area contributed by atoms with E-state index in [1.165, 1.54) is 6.07 Å². The molecule has 0 fully saturated rings. The zero-order valence-electron chi connectivity index (χ0n) is 9.84. The molecule has 0 aliphatic heterocycles. The summed E-state index contributed by atoms with van der Waals surface area (Å²) in [5.41, 5.74) is 1.47. The molecular weight excluding hydrogens is 245 g/mol. The van der Waals surface area contributed by atoms with Crippen molar-refractivity contribution in [1.82, 2.24) is 0 Å². The Balaban J connectivity index is 2.98. The van der Waals surface area contributed by atoms with Crippen molar-refractivity contribution >= 4 is 29.1 Å². The molecule has 1 unspecified atom stereocenters. The van der Waals surface area contributed by atoms with Gasteiger partial charge in [-0.3, -0.25) is 0 Å². The third kappa shape index (κ3) is 3.05. The number of anilines is 1. The largest absolute Gasteiger partial charge is 0.371 e. The maximum absolute atomic E-state index is 13.5. The van der Waals surface area contributed by atoms with Gasteiger partial charge in [0.25, 0.3) is 0 Å². The molecule has 90 valence electrons. The smallest absolute Gasteiger partial charge is 0.129 e. The van der Waals surface area contributed by atoms with Crippen LogP contribution in [0.3, 0.4) is 0 Å². The second kappa shape index (κ2) is 6.36. The van der Waals surface area contributed by atoms with Gasteiger partial charge in [0.05, 0.1) is 5.88 Å². The van der Waals surface area contributed by atoms with Crippen LogP contribution in [0.25, 0.3) is 0 Å². The van der Waals surface area contributed by atoms with E-state index in [0.29, 0.717) is 11.6 Å². The zero-order valence-corrected chi connectivity index (χ0v) is 11.4. The van der Waals surface area contributed by atoms with Gasteiger partial charge in [0.2, 0.25) is 0 Å². The first-order chi connectivity index (χ1) is 7.61. The molecule has 0 aromatic heterocycles. The molecule has 1 aromatic carbocycles. The van der Waals surface area contributed by atoms with Crippen molar-refractivity contribution in [2.45, 2.75) is 18.8 Å². The maximum Gasteiger partial charge on any atom is 0.129 e. The van der Waals surface area contributed by atoms with Gasteiger partial charge in [0, 0.05) is 30.1 Å². The summed E-state index contributed by atoms with van der Waals surface area (Å²) in [6, 6.07) is 5.45. The molecule has 4 heteroatoms. The van der Waals surface area contributed by atoms with Crippen LogP contribution in [0.15, 0.2) is 18.2 Å². The number of hydrogen-bond donors (Lipinski definition) is 0. The third-order valence-electron chi connectivity index (χ3n) is 2.68. The van der Waals surface area contributed by atoms with Gasteiger partial charge < -0.3 is 4.90 Å². The Kier molecular flexibility index (Phi) is 5.42. The predicted octanol–water partition coefficient (Wildman–Crippen LogP) is 3.75. The number of halogens is 2. The molecule has 1 atom stereocenters. The van der Waals surface area contributed by atoms with Crippen LogP contribution in [-0.2, 0) is 5.88 Å². The van der Waals surface area contributed by atoms with Crippen LogP contribution in [0.5, 0.6) is 0 Å². The van der Waals surface area contributed by atoms with Crippen molar-refractivity contribution in [3.8, 4) is 0 Å². The minimum absolute atomic E-state index is 0.207. The Labute approximate surface area is 106 Å². The molecular formula is C12H17ClFNS. The van der Waals surface area contributed by atoms with Crippen molar-refractivity contribution in [3.63, 3.8) is 0 Å². The molecule has 0 N–H and O–H groups in total. The summed E-state index contributed by atoms with van der Waals surface area (Å²) in [5, 5.41) is 0. The minimum atomic E-state index is -0.226. The zero-order chi connectivity index (χ0) is 12.1. The van der Waals surface area contributed by atoms with Gasteiger partial charge in [-0.2, -0.15) is 11.8 Å². The summed E-state index contributed by atoms with van der Waals surface area (Å²) < 4.78 is 13.5. The Morgan fingerprint density at radius 3 is 2.75 bits per heavy atom. The summed E-state index contributed by atoms with van der Waals surface area (Å²) in [7, 11) is 1.98. The SMILES string of the molecule is CSCC(C)N(C)c1cccc(F)c1CCl. The van der Waals surface area contributed by atoms with E-state index in [4.69, 9.17) is 11.6 Å². The van der Waals surface area contributed by atoms with Gasteiger partial charge in [0.15, 0.2) is 0 Å². The van der Waals surface area contributed by atoms with E-state index < -0.39 is 0 Å². The Hall–Kier alpha value is -0.410. The molecule has 0 spiro atoms. The summed E-state index contributed by atoms with van der Waals surface area (Å²) in [6.07, 6.45) is 2.07. The molecule has 16 heavy (non-hydrogen) atoms. The number of hydrogen-bond acceptors (Lipinski definition) is 2. The fourth-order valence-electron chi connectivity index (χ4n) is 1.60. The lowest BCUT2D eigenvalue weighted by molar-refractivity contribution is 0.614. The van der Waals surface area contributed by atoms with Gasteiger partial charge in [-0.05, 0) is 25.3 Å². The second-order valence-corrected chi connectivity index (χ2v) is 4.96. The molecule has 0 aliphatic carbocycles. The average molecular weight is 262 g/mol. The van der Waals surface area contributed by atoms with Gasteiger partial charge >= 0.3 is 0 Å².